The highest BCUT2D eigenvalue weighted by molar-refractivity contribution is 4.76. The first-order chi connectivity index (χ1) is 6.78. The van der Waals surface area contributed by atoms with E-state index in [1.165, 1.54) is 0 Å². The summed E-state index contributed by atoms with van der Waals surface area (Å²) in [5.41, 5.74) is 11.2. The quantitative estimate of drug-likeness (QED) is 0.412. The first-order valence-electron chi connectivity index (χ1n) is 5.65. The number of hydrogen-bond acceptors (Lipinski definition) is 4. The summed E-state index contributed by atoms with van der Waals surface area (Å²) >= 11 is 0. The zero-order valence-corrected chi connectivity index (χ0v) is 9.55. The third kappa shape index (κ3) is 6.32. The summed E-state index contributed by atoms with van der Waals surface area (Å²) in [4.78, 5) is 0. The van der Waals surface area contributed by atoms with Crippen LogP contribution in [0.25, 0.3) is 0 Å². The molecule has 2 unspecified atom stereocenters. The third-order valence-electron chi connectivity index (χ3n) is 2.35. The van der Waals surface area contributed by atoms with E-state index in [0.717, 1.165) is 32.5 Å². The molecular formula is C10H26N4. The lowest BCUT2D eigenvalue weighted by molar-refractivity contribution is 0.392. The molecule has 14 heavy (non-hydrogen) atoms. The van der Waals surface area contributed by atoms with Crippen LogP contribution in [0.1, 0.15) is 26.7 Å². The molecule has 0 radical (unpaired) electrons. The van der Waals surface area contributed by atoms with Gasteiger partial charge in [0.25, 0.3) is 0 Å². The Bertz CT molecular complexity index is 113. The molecule has 0 bridgehead atoms. The topological polar surface area (TPSA) is 76.1 Å². The third-order valence-corrected chi connectivity index (χ3v) is 2.35. The molecule has 0 heterocycles. The summed E-state index contributed by atoms with van der Waals surface area (Å²) in [6.07, 6.45) is 2.09. The van der Waals surface area contributed by atoms with E-state index in [2.05, 4.69) is 24.5 Å². The Labute approximate surface area is 87.8 Å². The van der Waals surface area contributed by atoms with Gasteiger partial charge < -0.3 is 22.1 Å². The van der Waals surface area contributed by atoms with Crippen molar-refractivity contribution < 1.29 is 0 Å². The maximum absolute atomic E-state index is 5.68. The molecule has 0 spiro atoms. The predicted octanol–water partition coefficient (Wildman–Crippen LogP) is -0.360. The van der Waals surface area contributed by atoms with Gasteiger partial charge >= 0.3 is 0 Å². The standard InChI is InChI=1S/C10H26N4/c1-3-13-9(5-6-11)7-10(8-12)14-4-2/h9-10,13-14H,3-8,11-12H2,1-2H3. The van der Waals surface area contributed by atoms with Gasteiger partial charge in [0, 0.05) is 18.6 Å². The minimum atomic E-state index is 0.413. The van der Waals surface area contributed by atoms with Gasteiger partial charge in [0.15, 0.2) is 0 Å². The van der Waals surface area contributed by atoms with Crippen LogP contribution in [-0.4, -0.2) is 38.3 Å². The molecule has 0 saturated heterocycles. The van der Waals surface area contributed by atoms with E-state index in [-0.39, 0.29) is 0 Å². The van der Waals surface area contributed by atoms with Crippen LogP contribution in [0, 0.1) is 0 Å². The maximum Gasteiger partial charge on any atom is 0.0204 e. The van der Waals surface area contributed by atoms with Crippen LogP contribution in [0.4, 0.5) is 0 Å². The van der Waals surface area contributed by atoms with Crippen LogP contribution in [0.3, 0.4) is 0 Å². The summed E-state index contributed by atoms with van der Waals surface area (Å²) < 4.78 is 0. The largest absolute Gasteiger partial charge is 0.330 e. The lowest BCUT2D eigenvalue weighted by Gasteiger charge is -2.23. The molecule has 0 aliphatic heterocycles. The fourth-order valence-corrected chi connectivity index (χ4v) is 1.69. The van der Waals surface area contributed by atoms with E-state index in [9.17, 15) is 0 Å². The summed E-state index contributed by atoms with van der Waals surface area (Å²) in [6, 6.07) is 0.910. The minimum Gasteiger partial charge on any atom is -0.330 e. The molecule has 0 aliphatic rings. The molecule has 0 aromatic rings. The first-order valence-corrected chi connectivity index (χ1v) is 5.65. The smallest absolute Gasteiger partial charge is 0.0204 e. The SMILES string of the molecule is CCNC(CN)CC(CCN)NCC. The Balaban J connectivity index is 3.83. The van der Waals surface area contributed by atoms with Crippen LogP contribution < -0.4 is 22.1 Å². The van der Waals surface area contributed by atoms with Gasteiger partial charge in [0.2, 0.25) is 0 Å². The van der Waals surface area contributed by atoms with Crippen molar-refractivity contribution in [3.05, 3.63) is 0 Å². The van der Waals surface area contributed by atoms with Crippen molar-refractivity contribution in [1.82, 2.24) is 10.6 Å². The van der Waals surface area contributed by atoms with Crippen LogP contribution >= 0.6 is 0 Å². The molecule has 0 aromatic heterocycles. The van der Waals surface area contributed by atoms with Gasteiger partial charge in [0.05, 0.1) is 0 Å². The van der Waals surface area contributed by atoms with Crippen molar-refractivity contribution in [2.24, 2.45) is 11.5 Å². The first kappa shape index (κ1) is 13.8. The molecule has 0 aromatic carbocycles. The molecule has 0 fully saturated rings. The number of rotatable bonds is 9. The average molecular weight is 202 g/mol. The van der Waals surface area contributed by atoms with Gasteiger partial charge in [-0.15, -0.1) is 0 Å². The number of nitrogens with one attached hydrogen (secondary N) is 2. The van der Waals surface area contributed by atoms with Gasteiger partial charge in [-0.2, -0.15) is 0 Å². The maximum atomic E-state index is 5.68. The van der Waals surface area contributed by atoms with E-state index in [0.29, 0.717) is 18.6 Å². The highest BCUT2D eigenvalue weighted by atomic mass is 15.0. The van der Waals surface area contributed by atoms with Crippen LogP contribution in [-0.2, 0) is 0 Å². The Morgan fingerprint density at radius 1 is 1.00 bits per heavy atom. The van der Waals surface area contributed by atoms with Gasteiger partial charge in [-0.05, 0) is 32.5 Å². The van der Waals surface area contributed by atoms with E-state index in [1.807, 2.05) is 0 Å². The van der Waals surface area contributed by atoms with Crippen molar-refractivity contribution in [3.63, 3.8) is 0 Å². The van der Waals surface area contributed by atoms with E-state index in [4.69, 9.17) is 11.5 Å². The van der Waals surface area contributed by atoms with Crippen LogP contribution in [0.15, 0.2) is 0 Å². The predicted molar refractivity (Wildman–Crippen MR) is 62.3 cm³/mol. The number of likely N-dealkylation sites (N-methyl/N-ethyl adjacent to an activating group) is 1. The van der Waals surface area contributed by atoms with Crippen LogP contribution in [0.5, 0.6) is 0 Å². The summed E-state index contributed by atoms with van der Waals surface area (Å²) in [5, 5.41) is 6.80. The van der Waals surface area contributed by atoms with E-state index >= 15 is 0 Å². The Kier molecular flexibility index (Phi) is 9.29. The Morgan fingerprint density at radius 3 is 2.00 bits per heavy atom. The second-order valence-electron chi connectivity index (χ2n) is 3.56. The van der Waals surface area contributed by atoms with Gasteiger partial charge in [-0.3, -0.25) is 0 Å². The Morgan fingerprint density at radius 2 is 1.57 bits per heavy atom. The van der Waals surface area contributed by atoms with Gasteiger partial charge in [0.1, 0.15) is 0 Å². The highest BCUT2D eigenvalue weighted by Gasteiger charge is 2.12. The van der Waals surface area contributed by atoms with Crippen LogP contribution in [0.2, 0.25) is 0 Å². The van der Waals surface area contributed by atoms with Crippen molar-refractivity contribution in [2.45, 2.75) is 38.8 Å². The normalized spacial score (nSPS) is 15.4. The molecule has 0 rings (SSSR count). The lowest BCUT2D eigenvalue weighted by Crippen LogP contribution is -2.43. The number of nitrogens with two attached hydrogens (primary N) is 2. The molecular weight excluding hydrogens is 176 g/mol. The summed E-state index contributed by atoms with van der Waals surface area (Å²) in [6.45, 7) is 7.63. The van der Waals surface area contributed by atoms with Crippen molar-refractivity contribution >= 4 is 0 Å². The average Bonchev–Trinajstić information content (AvgIpc) is 2.18. The van der Waals surface area contributed by atoms with E-state index in [1.54, 1.807) is 0 Å². The second-order valence-corrected chi connectivity index (χ2v) is 3.56. The summed E-state index contributed by atoms with van der Waals surface area (Å²) in [7, 11) is 0. The summed E-state index contributed by atoms with van der Waals surface area (Å²) in [5.74, 6) is 0. The van der Waals surface area contributed by atoms with Gasteiger partial charge in [-0.1, -0.05) is 13.8 Å². The van der Waals surface area contributed by atoms with Gasteiger partial charge in [-0.25, -0.2) is 0 Å². The fraction of sp³-hybridized carbons (Fsp3) is 1.00. The number of hydrogen-bond donors (Lipinski definition) is 4. The second kappa shape index (κ2) is 9.40. The molecule has 2 atom stereocenters. The Hall–Kier alpha value is -0.160. The zero-order valence-electron chi connectivity index (χ0n) is 9.55. The molecule has 0 aliphatic carbocycles. The highest BCUT2D eigenvalue weighted by Crippen LogP contribution is 2.01. The molecule has 6 N–H and O–H groups in total. The molecule has 86 valence electrons. The fourth-order valence-electron chi connectivity index (χ4n) is 1.69. The molecule has 0 amide bonds. The van der Waals surface area contributed by atoms with Crippen molar-refractivity contribution in [3.8, 4) is 0 Å². The monoisotopic (exact) mass is 202 g/mol. The molecule has 4 nitrogen and oxygen atoms in total. The lowest BCUT2D eigenvalue weighted by atomic mass is 10.0. The van der Waals surface area contributed by atoms with Crippen molar-refractivity contribution in [1.29, 1.82) is 0 Å². The molecule has 4 heteroatoms. The van der Waals surface area contributed by atoms with Crippen molar-refractivity contribution in [2.75, 3.05) is 26.2 Å². The van der Waals surface area contributed by atoms with E-state index < -0.39 is 0 Å². The zero-order chi connectivity index (χ0) is 10.8. The minimum absolute atomic E-state index is 0.413. The molecule has 0 saturated carbocycles.